The smallest absolute Gasteiger partial charge is 0.414 e. The molecule has 0 aromatic heterocycles. The Morgan fingerprint density at radius 2 is 0.967 bits per heavy atom. The molecule has 3 N–H and O–H groups in total. The minimum absolute atomic E-state index is 0.936. The lowest BCUT2D eigenvalue weighted by Crippen LogP contribution is -2.09. The summed E-state index contributed by atoms with van der Waals surface area (Å²) >= 11 is 0. The van der Waals surface area contributed by atoms with Crippen molar-refractivity contribution in [1.82, 2.24) is 0 Å². The molecule has 0 bridgehead atoms. The van der Waals surface area contributed by atoms with Crippen LogP contribution < -0.4 is 0 Å². The van der Waals surface area contributed by atoms with Crippen molar-refractivity contribution in [3.8, 4) is 0 Å². The third kappa shape index (κ3) is 29.6. The highest BCUT2D eigenvalue weighted by Gasteiger charge is 2.04. The van der Waals surface area contributed by atoms with Gasteiger partial charge in [-0.2, -0.15) is 0 Å². The number of carbonyl (C=O) groups is 3. The number of unbranched alkanes of at least 4 members (excludes halogenated alkanes) is 7. The average molecular weight is 419 g/mol. The van der Waals surface area contributed by atoms with E-state index in [2.05, 4.69) is 19.1 Å². The lowest BCUT2D eigenvalue weighted by molar-refractivity contribution is -0.159. The summed E-state index contributed by atoms with van der Waals surface area (Å²) < 4.78 is 0. The Hall–Kier alpha value is -3.15. The number of allylic oxidation sites excluding steroid dienone is 11. The SMILES string of the molecule is CCCCCCCCC/C=C/C=C/C=C/C=C/C=C/C=C/C(=O)O.O=C(O)C(=O)O. The number of hydrogen-bond acceptors (Lipinski definition) is 3. The number of carboxylic acids is 3. The van der Waals surface area contributed by atoms with E-state index in [-0.39, 0.29) is 0 Å². The van der Waals surface area contributed by atoms with Crippen LogP contribution in [0.2, 0.25) is 0 Å². The Kier molecular flexibility index (Phi) is 23.1. The van der Waals surface area contributed by atoms with E-state index in [1.54, 1.807) is 12.2 Å². The predicted octanol–water partition coefficient (Wildman–Crippen LogP) is 5.70. The summed E-state index contributed by atoms with van der Waals surface area (Å²) in [5.74, 6) is -4.58. The van der Waals surface area contributed by atoms with Crippen molar-refractivity contribution >= 4 is 17.9 Å². The topological polar surface area (TPSA) is 112 Å². The minimum Gasteiger partial charge on any atom is -0.478 e. The van der Waals surface area contributed by atoms with E-state index < -0.39 is 17.9 Å². The van der Waals surface area contributed by atoms with Gasteiger partial charge in [0, 0.05) is 6.08 Å². The Morgan fingerprint density at radius 1 is 0.567 bits per heavy atom. The standard InChI is InChI=1S/C22H32O2.C2H2O4/c1-2-3-4-5-6-7-8-9-10-11-12-13-14-15-16-17-18-19-20-21-22(23)24;3-1(4)2(5)6/h10-21H,2-9H2,1H3,(H,23,24);(H,3,4)(H,5,6)/b11-10+,13-12+,15-14+,17-16+,19-18+,21-20+;. The summed E-state index contributed by atoms with van der Waals surface area (Å²) in [7, 11) is 0. The van der Waals surface area contributed by atoms with E-state index in [1.165, 1.54) is 51.0 Å². The molecule has 30 heavy (non-hydrogen) atoms. The summed E-state index contributed by atoms with van der Waals surface area (Å²) in [4.78, 5) is 28.4. The predicted molar refractivity (Wildman–Crippen MR) is 120 cm³/mol. The zero-order valence-corrected chi connectivity index (χ0v) is 17.7. The van der Waals surface area contributed by atoms with Crippen LogP contribution in [-0.2, 0) is 14.4 Å². The molecular weight excluding hydrogens is 384 g/mol. The largest absolute Gasteiger partial charge is 0.478 e. The minimum atomic E-state index is -1.82. The average Bonchev–Trinajstić information content (AvgIpc) is 2.70. The van der Waals surface area contributed by atoms with Crippen molar-refractivity contribution in [3.63, 3.8) is 0 Å². The van der Waals surface area contributed by atoms with Gasteiger partial charge in [0.2, 0.25) is 0 Å². The fourth-order valence-electron chi connectivity index (χ4n) is 2.05. The molecule has 166 valence electrons. The molecule has 0 aromatic rings. The first-order chi connectivity index (χ1) is 14.4. The first-order valence-electron chi connectivity index (χ1n) is 10.1. The van der Waals surface area contributed by atoms with Crippen LogP contribution in [0.25, 0.3) is 0 Å². The fourth-order valence-corrected chi connectivity index (χ4v) is 2.05. The van der Waals surface area contributed by atoms with Crippen LogP contribution in [0.1, 0.15) is 58.3 Å². The van der Waals surface area contributed by atoms with Gasteiger partial charge in [0.05, 0.1) is 0 Å². The van der Waals surface area contributed by atoms with E-state index in [4.69, 9.17) is 24.9 Å². The summed E-state index contributed by atoms with van der Waals surface area (Å²) in [5, 5.41) is 23.2. The van der Waals surface area contributed by atoms with Crippen LogP contribution in [0.4, 0.5) is 0 Å². The molecule has 6 nitrogen and oxygen atoms in total. The van der Waals surface area contributed by atoms with Gasteiger partial charge in [-0.25, -0.2) is 14.4 Å². The zero-order chi connectivity index (χ0) is 22.9. The van der Waals surface area contributed by atoms with Crippen LogP contribution in [0.5, 0.6) is 0 Å². The molecule has 0 aliphatic rings. The van der Waals surface area contributed by atoms with E-state index in [9.17, 15) is 4.79 Å². The maximum absolute atomic E-state index is 10.2. The number of rotatable bonds is 14. The van der Waals surface area contributed by atoms with Crippen LogP contribution in [0, 0.1) is 0 Å². The van der Waals surface area contributed by atoms with Crippen molar-refractivity contribution in [2.45, 2.75) is 58.3 Å². The Balaban J connectivity index is 0. The van der Waals surface area contributed by atoms with Crippen molar-refractivity contribution < 1.29 is 29.7 Å². The van der Waals surface area contributed by atoms with Gasteiger partial charge in [-0.15, -0.1) is 0 Å². The molecule has 0 aliphatic carbocycles. The molecule has 0 heterocycles. The molecule has 0 saturated carbocycles. The second-order valence-electron chi connectivity index (χ2n) is 6.19. The third-order valence-electron chi connectivity index (χ3n) is 3.53. The summed E-state index contributed by atoms with van der Waals surface area (Å²) in [5.41, 5.74) is 0. The molecule has 0 saturated heterocycles. The Labute approximate surface area is 179 Å². The van der Waals surface area contributed by atoms with Gasteiger partial charge in [0.1, 0.15) is 0 Å². The molecule has 0 atom stereocenters. The highest BCUT2D eigenvalue weighted by atomic mass is 16.4. The van der Waals surface area contributed by atoms with Crippen molar-refractivity contribution in [2.75, 3.05) is 0 Å². The molecular formula is C24H34O6. The van der Waals surface area contributed by atoms with Crippen molar-refractivity contribution in [1.29, 1.82) is 0 Å². The second kappa shape index (κ2) is 23.9. The van der Waals surface area contributed by atoms with Gasteiger partial charge >= 0.3 is 17.9 Å². The zero-order valence-electron chi connectivity index (χ0n) is 17.7. The maximum Gasteiger partial charge on any atom is 0.414 e. The molecule has 0 aliphatic heterocycles. The van der Waals surface area contributed by atoms with Crippen molar-refractivity contribution in [3.05, 3.63) is 72.9 Å². The quantitative estimate of drug-likeness (QED) is 0.144. The van der Waals surface area contributed by atoms with Gasteiger partial charge < -0.3 is 15.3 Å². The summed E-state index contributed by atoms with van der Waals surface area (Å²) in [6.45, 7) is 2.25. The number of carboxylic acid groups (broad SMARTS) is 3. The van der Waals surface area contributed by atoms with Gasteiger partial charge in [0.25, 0.3) is 0 Å². The Morgan fingerprint density at radius 3 is 1.40 bits per heavy atom. The van der Waals surface area contributed by atoms with E-state index in [0.717, 1.165) is 12.5 Å². The molecule has 0 unspecified atom stereocenters. The number of hydrogen-bond donors (Lipinski definition) is 3. The van der Waals surface area contributed by atoms with Gasteiger partial charge in [-0.1, -0.05) is 112 Å². The van der Waals surface area contributed by atoms with Crippen LogP contribution >= 0.6 is 0 Å². The van der Waals surface area contributed by atoms with E-state index >= 15 is 0 Å². The highest BCUT2D eigenvalue weighted by molar-refractivity contribution is 6.27. The van der Waals surface area contributed by atoms with Gasteiger partial charge in [0.15, 0.2) is 0 Å². The molecule has 0 aromatic carbocycles. The second-order valence-corrected chi connectivity index (χ2v) is 6.19. The monoisotopic (exact) mass is 418 g/mol. The molecule has 0 fully saturated rings. The van der Waals surface area contributed by atoms with Gasteiger partial charge in [-0.3, -0.25) is 0 Å². The van der Waals surface area contributed by atoms with Crippen LogP contribution in [-0.4, -0.2) is 33.2 Å². The van der Waals surface area contributed by atoms with Crippen LogP contribution in [0.3, 0.4) is 0 Å². The summed E-state index contributed by atoms with van der Waals surface area (Å²) in [6, 6.07) is 0. The third-order valence-corrected chi connectivity index (χ3v) is 3.53. The van der Waals surface area contributed by atoms with Gasteiger partial charge in [-0.05, 0) is 12.8 Å². The van der Waals surface area contributed by atoms with Crippen LogP contribution in [0.15, 0.2) is 72.9 Å². The highest BCUT2D eigenvalue weighted by Crippen LogP contribution is 2.08. The van der Waals surface area contributed by atoms with E-state index in [1.807, 2.05) is 36.5 Å². The lowest BCUT2D eigenvalue weighted by Gasteiger charge is -1.98. The van der Waals surface area contributed by atoms with Crippen molar-refractivity contribution in [2.24, 2.45) is 0 Å². The first-order valence-corrected chi connectivity index (χ1v) is 10.1. The molecule has 6 heteroatoms. The first kappa shape index (κ1) is 29.1. The molecule has 0 radical (unpaired) electrons. The fraction of sp³-hybridized carbons (Fsp3) is 0.375. The number of aliphatic carboxylic acids is 3. The van der Waals surface area contributed by atoms with E-state index in [0.29, 0.717) is 0 Å². The normalized spacial score (nSPS) is 11.9. The Bertz CT molecular complexity index is 624. The lowest BCUT2D eigenvalue weighted by atomic mass is 10.1. The summed E-state index contributed by atoms with van der Waals surface area (Å²) in [6.07, 6.45) is 32.7. The molecule has 0 amide bonds. The molecule has 0 spiro atoms. The molecule has 0 rings (SSSR count). The maximum atomic E-state index is 10.2.